The molecule has 0 aromatic rings. The molecule has 12 heavy (non-hydrogen) atoms. The zero-order valence-electron chi connectivity index (χ0n) is 8.13. The molecule has 70 valence electrons. The van der Waals surface area contributed by atoms with Crippen molar-refractivity contribution in [2.45, 2.75) is 45.6 Å². The Morgan fingerprint density at radius 2 is 2.08 bits per heavy atom. The van der Waals surface area contributed by atoms with Crippen LogP contribution in [0.4, 0.5) is 0 Å². The Balaban J connectivity index is 2.49. The van der Waals surface area contributed by atoms with E-state index in [4.69, 9.17) is 0 Å². The van der Waals surface area contributed by atoms with Crippen molar-refractivity contribution < 1.29 is 9.90 Å². The van der Waals surface area contributed by atoms with Crippen LogP contribution in [0.5, 0.6) is 0 Å². The zero-order valence-corrected chi connectivity index (χ0v) is 8.13. The lowest BCUT2D eigenvalue weighted by Gasteiger charge is -2.23. The van der Waals surface area contributed by atoms with E-state index in [9.17, 15) is 9.90 Å². The lowest BCUT2D eigenvalue weighted by atomic mass is 9.88. The second-order valence-corrected chi connectivity index (χ2v) is 4.44. The van der Waals surface area contributed by atoms with Gasteiger partial charge < -0.3 is 5.11 Å². The van der Waals surface area contributed by atoms with Gasteiger partial charge in [-0.05, 0) is 19.3 Å². The first-order chi connectivity index (χ1) is 5.43. The van der Waals surface area contributed by atoms with Crippen LogP contribution in [-0.4, -0.2) is 16.5 Å². The number of rotatable bonds is 4. The zero-order chi connectivity index (χ0) is 9.35. The maximum Gasteiger partial charge on any atom is 0.166 e. The molecule has 0 heterocycles. The number of carbonyl (C=O) groups is 1. The summed E-state index contributed by atoms with van der Waals surface area (Å²) >= 11 is 0. The van der Waals surface area contributed by atoms with Crippen LogP contribution in [0.15, 0.2) is 0 Å². The Morgan fingerprint density at radius 3 is 2.42 bits per heavy atom. The van der Waals surface area contributed by atoms with E-state index in [0.29, 0.717) is 12.3 Å². The molecule has 1 saturated carbocycles. The third-order valence-corrected chi connectivity index (χ3v) is 2.44. The molecule has 1 fully saturated rings. The maximum absolute atomic E-state index is 11.5. The van der Waals surface area contributed by atoms with E-state index in [-0.39, 0.29) is 11.7 Å². The van der Waals surface area contributed by atoms with Gasteiger partial charge in [-0.3, -0.25) is 4.79 Å². The van der Waals surface area contributed by atoms with Crippen LogP contribution in [0.2, 0.25) is 0 Å². The lowest BCUT2D eigenvalue weighted by Crippen LogP contribution is -2.38. The van der Waals surface area contributed by atoms with Gasteiger partial charge >= 0.3 is 0 Å². The van der Waals surface area contributed by atoms with Crippen LogP contribution >= 0.6 is 0 Å². The molecule has 1 aliphatic carbocycles. The van der Waals surface area contributed by atoms with E-state index in [1.807, 2.05) is 13.8 Å². The summed E-state index contributed by atoms with van der Waals surface area (Å²) in [6.07, 6.45) is 3.02. The van der Waals surface area contributed by atoms with Crippen molar-refractivity contribution in [2.75, 3.05) is 0 Å². The number of hydrogen-bond donors (Lipinski definition) is 1. The summed E-state index contributed by atoms with van der Waals surface area (Å²) in [5, 5.41) is 9.81. The van der Waals surface area contributed by atoms with Gasteiger partial charge in [-0.15, -0.1) is 0 Å². The van der Waals surface area contributed by atoms with Crippen molar-refractivity contribution in [3.05, 3.63) is 0 Å². The Morgan fingerprint density at radius 1 is 1.58 bits per heavy atom. The van der Waals surface area contributed by atoms with Gasteiger partial charge in [-0.2, -0.15) is 0 Å². The number of ketones is 1. The van der Waals surface area contributed by atoms with E-state index in [2.05, 4.69) is 0 Å². The first-order valence-electron chi connectivity index (χ1n) is 4.70. The standard InChI is InChI=1S/C10H18O2/c1-7(2)9(11)10(3,12)6-8-4-5-8/h7-8,12H,4-6H2,1-3H3/t10-/m1/s1. The second-order valence-electron chi connectivity index (χ2n) is 4.44. The summed E-state index contributed by atoms with van der Waals surface area (Å²) in [4.78, 5) is 11.5. The van der Waals surface area contributed by atoms with Crippen LogP contribution < -0.4 is 0 Å². The highest BCUT2D eigenvalue weighted by atomic mass is 16.3. The quantitative estimate of drug-likeness (QED) is 0.698. The van der Waals surface area contributed by atoms with Crippen LogP contribution in [0.3, 0.4) is 0 Å². The smallest absolute Gasteiger partial charge is 0.166 e. The lowest BCUT2D eigenvalue weighted by molar-refractivity contribution is -0.140. The number of aliphatic hydroxyl groups is 1. The van der Waals surface area contributed by atoms with Crippen molar-refractivity contribution in [2.24, 2.45) is 11.8 Å². The molecule has 0 aliphatic heterocycles. The predicted molar refractivity (Wildman–Crippen MR) is 47.8 cm³/mol. The van der Waals surface area contributed by atoms with Crippen LogP contribution in [0.1, 0.15) is 40.0 Å². The maximum atomic E-state index is 11.5. The first-order valence-corrected chi connectivity index (χ1v) is 4.70. The average Bonchev–Trinajstić information content (AvgIpc) is 2.69. The van der Waals surface area contributed by atoms with Crippen LogP contribution in [0, 0.1) is 11.8 Å². The van der Waals surface area contributed by atoms with Gasteiger partial charge in [-0.25, -0.2) is 0 Å². The third kappa shape index (κ3) is 2.31. The molecule has 1 atom stereocenters. The number of carbonyl (C=O) groups excluding carboxylic acids is 1. The van der Waals surface area contributed by atoms with Gasteiger partial charge in [0.1, 0.15) is 5.60 Å². The normalized spacial score (nSPS) is 22.4. The molecule has 0 bridgehead atoms. The fraction of sp³-hybridized carbons (Fsp3) is 0.900. The minimum atomic E-state index is -1.07. The molecule has 0 radical (unpaired) electrons. The second kappa shape index (κ2) is 3.17. The fourth-order valence-electron chi connectivity index (χ4n) is 1.61. The van der Waals surface area contributed by atoms with E-state index in [1.54, 1.807) is 6.92 Å². The Bertz CT molecular complexity index is 178. The third-order valence-electron chi connectivity index (χ3n) is 2.44. The average molecular weight is 170 g/mol. The molecular formula is C10H18O2. The SMILES string of the molecule is CC(C)C(=O)[C@](C)(O)CC1CC1. The highest BCUT2D eigenvalue weighted by molar-refractivity contribution is 5.88. The highest BCUT2D eigenvalue weighted by Gasteiger charge is 2.37. The number of hydrogen-bond acceptors (Lipinski definition) is 2. The summed E-state index contributed by atoms with van der Waals surface area (Å²) in [5.41, 5.74) is -1.07. The van der Waals surface area contributed by atoms with E-state index < -0.39 is 5.60 Å². The van der Waals surface area contributed by atoms with Crippen molar-refractivity contribution in [1.29, 1.82) is 0 Å². The molecule has 0 spiro atoms. The molecule has 0 aromatic heterocycles. The molecule has 1 rings (SSSR count). The van der Waals surface area contributed by atoms with E-state index in [0.717, 1.165) is 0 Å². The van der Waals surface area contributed by atoms with Crippen molar-refractivity contribution in [3.8, 4) is 0 Å². The van der Waals surface area contributed by atoms with Gasteiger partial charge in [0.05, 0.1) is 0 Å². The molecule has 0 aromatic carbocycles. The predicted octanol–water partition coefficient (Wildman–Crippen LogP) is 1.76. The summed E-state index contributed by atoms with van der Waals surface area (Å²) in [7, 11) is 0. The van der Waals surface area contributed by atoms with Gasteiger partial charge in [0.2, 0.25) is 0 Å². The van der Waals surface area contributed by atoms with Crippen molar-refractivity contribution in [3.63, 3.8) is 0 Å². The van der Waals surface area contributed by atoms with Gasteiger partial charge in [0, 0.05) is 5.92 Å². The van der Waals surface area contributed by atoms with E-state index in [1.165, 1.54) is 12.8 Å². The summed E-state index contributed by atoms with van der Waals surface area (Å²) in [5.74, 6) is 0.524. The molecule has 1 aliphatic rings. The Hall–Kier alpha value is -0.370. The molecule has 2 heteroatoms. The van der Waals surface area contributed by atoms with Crippen molar-refractivity contribution >= 4 is 5.78 Å². The van der Waals surface area contributed by atoms with E-state index >= 15 is 0 Å². The minimum Gasteiger partial charge on any atom is -0.382 e. The van der Waals surface area contributed by atoms with Crippen molar-refractivity contribution in [1.82, 2.24) is 0 Å². The molecule has 0 amide bonds. The Kier molecular flexibility index (Phi) is 2.57. The Labute approximate surface area is 74.0 Å². The van der Waals surface area contributed by atoms with Crippen LogP contribution in [0.25, 0.3) is 0 Å². The molecule has 0 saturated heterocycles. The largest absolute Gasteiger partial charge is 0.382 e. The molecule has 1 N–H and O–H groups in total. The fourth-order valence-corrected chi connectivity index (χ4v) is 1.61. The molecule has 2 nitrogen and oxygen atoms in total. The number of Topliss-reactive ketones (excluding diaryl/α,β-unsaturated/α-hetero) is 1. The van der Waals surface area contributed by atoms with Gasteiger partial charge in [-0.1, -0.05) is 26.7 Å². The summed E-state index contributed by atoms with van der Waals surface area (Å²) in [6.45, 7) is 5.32. The molecule has 0 unspecified atom stereocenters. The minimum absolute atomic E-state index is 0.0191. The first kappa shape index (κ1) is 9.72. The van der Waals surface area contributed by atoms with Gasteiger partial charge in [0.25, 0.3) is 0 Å². The monoisotopic (exact) mass is 170 g/mol. The molecular weight excluding hydrogens is 152 g/mol. The van der Waals surface area contributed by atoms with Crippen LogP contribution in [-0.2, 0) is 4.79 Å². The van der Waals surface area contributed by atoms with Gasteiger partial charge in [0.15, 0.2) is 5.78 Å². The summed E-state index contributed by atoms with van der Waals surface area (Å²) < 4.78 is 0. The summed E-state index contributed by atoms with van der Waals surface area (Å²) in [6, 6.07) is 0. The highest BCUT2D eigenvalue weighted by Crippen LogP contribution is 2.37. The topological polar surface area (TPSA) is 37.3 Å².